The third-order valence-corrected chi connectivity index (χ3v) is 27.2. The zero-order chi connectivity index (χ0) is 77.8. The van der Waals surface area contributed by atoms with E-state index in [0.29, 0.717) is 17.3 Å². The number of nitrogens with one attached hydrogen (secondary N) is 9. The van der Waals surface area contributed by atoms with E-state index < -0.39 is 149 Å². The van der Waals surface area contributed by atoms with Crippen LogP contribution in [0.25, 0.3) is 0 Å². The summed E-state index contributed by atoms with van der Waals surface area (Å²) in [5.41, 5.74) is 12.2. The number of rotatable bonds is 55. The van der Waals surface area contributed by atoms with E-state index in [1.165, 1.54) is 23.5 Å². The molecule has 29 heteroatoms. The maximum absolute atomic E-state index is 14.9. The van der Waals surface area contributed by atoms with Crippen molar-refractivity contribution in [3.05, 3.63) is 0 Å². The molecule has 0 aliphatic carbocycles. The summed E-state index contributed by atoms with van der Waals surface area (Å²) in [6.07, 6.45) is 9.34. The molecule has 0 aliphatic heterocycles. The highest BCUT2D eigenvalue weighted by Gasteiger charge is 2.37. The number of hydrogen-bond donors (Lipinski definition) is 11. The van der Waals surface area contributed by atoms with E-state index in [2.05, 4.69) is 128 Å². The number of carbonyl (C=O) groups is 10. The van der Waals surface area contributed by atoms with Crippen molar-refractivity contribution >= 4 is 135 Å². The lowest BCUT2D eigenvalue weighted by molar-refractivity contribution is -0.136. The van der Waals surface area contributed by atoms with Gasteiger partial charge in [-0.3, -0.25) is 47.9 Å². The number of thioether (sulfide) groups is 4. The van der Waals surface area contributed by atoms with Crippen LogP contribution >= 0.6 is 76.1 Å². The van der Waals surface area contributed by atoms with Crippen LogP contribution < -0.4 is 59.3 Å². The van der Waals surface area contributed by atoms with Gasteiger partial charge >= 0.3 is 0 Å². The molecule has 0 saturated heterocycles. The van der Waals surface area contributed by atoms with Gasteiger partial charge in [-0.15, -0.1) is 0 Å². The smallest absolute Gasteiger partial charge is 0.244 e. The first-order valence-corrected chi connectivity index (χ1v) is 54.7. The minimum Gasteiger partial charge on any atom is -0.368 e. The molecule has 0 unspecified atom stereocenters. The van der Waals surface area contributed by atoms with Crippen molar-refractivity contribution in [3.8, 4) is 0 Å². The van der Waals surface area contributed by atoms with Gasteiger partial charge in [-0.25, -0.2) is 0 Å². The predicted molar refractivity (Wildman–Crippen MR) is 447 cm³/mol. The van der Waals surface area contributed by atoms with E-state index in [4.69, 9.17) is 11.5 Å². The van der Waals surface area contributed by atoms with Crippen LogP contribution in [0.5, 0.6) is 0 Å². The van der Waals surface area contributed by atoms with Crippen LogP contribution in [0.1, 0.15) is 147 Å². The number of amides is 10. The standard InChI is InChI=1S/C72H141N11O10P4S4/c1-47(2)37-54(75-64(85)53(73)43-98-33-25-29-94(13,14)15)65(86)77-58(41-51(9)10)69(90)82-61(45-100-35-27-31-96(19,20)21)72(93)80-56(39-49(5)6)67(88)78-59(42-52(11)12)70(91)83-62(46-101-36-28-32-97(22,23)24)71(92)79-55(38-48(3)4)66(87)76-57(40-50(7)8)68(89)81-60(63(74)84)44-99-34-26-30-95(16,17)18/h47-62H,25-46,73H2,1-24H3,(H7-4,74,75,76,77,78,79,80,81,82,83,84,85,86,87,88,89,90,91,92,93)/p+4/t53-,54-,55-,56-,57-,58-,59-,60-,61-,62-/m0/s1. The van der Waals surface area contributed by atoms with Crippen molar-refractivity contribution in [2.45, 2.75) is 208 Å². The predicted octanol–water partition coefficient (Wildman–Crippen LogP) is 8.56. The Labute approximate surface area is 632 Å². The molecule has 0 aromatic heterocycles. The summed E-state index contributed by atoms with van der Waals surface area (Å²) in [6, 6.07) is -10.8. The lowest BCUT2D eigenvalue weighted by Gasteiger charge is -2.29. The summed E-state index contributed by atoms with van der Waals surface area (Å²) < 4.78 is 0. The molecule has 13 N–H and O–H groups in total. The van der Waals surface area contributed by atoms with Crippen molar-refractivity contribution in [2.75, 3.05) is 151 Å². The lowest BCUT2D eigenvalue weighted by atomic mass is 9.99. The zero-order valence-corrected chi connectivity index (χ0v) is 73.8. The second-order valence-corrected chi connectivity index (χ2v) is 58.8. The molecule has 10 amide bonds. The molecule has 101 heavy (non-hydrogen) atoms. The maximum atomic E-state index is 14.9. The summed E-state index contributed by atoms with van der Waals surface area (Å²) in [7, 11) is -4.12. The molecule has 588 valence electrons. The molecular weight excluding hydrogens is 1430 g/mol. The third kappa shape index (κ3) is 50.1. The van der Waals surface area contributed by atoms with Gasteiger partial charge in [0.1, 0.15) is 54.4 Å². The van der Waals surface area contributed by atoms with Crippen LogP contribution in [0.4, 0.5) is 0 Å². The van der Waals surface area contributed by atoms with Crippen LogP contribution in [0.2, 0.25) is 0 Å². The fourth-order valence-electron chi connectivity index (χ4n) is 10.7. The molecule has 0 bridgehead atoms. The Morgan fingerprint density at radius 1 is 0.267 bits per heavy atom. The van der Waals surface area contributed by atoms with E-state index in [1.54, 1.807) is 23.5 Å². The Morgan fingerprint density at radius 3 is 0.634 bits per heavy atom. The van der Waals surface area contributed by atoms with E-state index in [0.717, 1.165) is 61.8 Å². The molecule has 0 aromatic carbocycles. The van der Waals surface area contributed by atoms with Crippen molar-refractivity contribution < 1.29 is 47.9 Å². The third-order valence-electron chi connectivity index (χ3n) is 15.9. The summed E-state index contributed by atoms with van der Waals surface area (Å²) in [4.78, 5) is 143. The second kappa shape index (κ2) is 50.4. The van der Waals surface area contributed by atoms with Gasteiger partial charge in [0.25, 0.3) is 0 Å². The maximum Gasteiger partial charge on any atom is 0.244 e. The van der Waals surface area contributed by atoms with Crippen LogP contribution in [0, 0.1) is 35.5 Å². The van der Waals surface area contributed by atoms with Gasteiger partial charge in [0, 0.05) is 132 Å². The molecule has 0 radical (unpaired) electrons. The summed E-state index contributed by atoms with van der Waals surface area (Å²) in [5.74, 6) is -2.45. The molecular formula is C72H145N11O10P4S4+4. The molecule has 0 aliphatic rings. The minimum atomic E-state index is -1.18. The number of nitrogens with two attached hydrogens (primary N) is 2. The molecule has 0 spiro atoms. The van der Waals surface area contributed by atoms with Gasteiger partial charge in [0.2, 0.25) is 59.1 Å². The fraction of sp³-hybridized carbons (Fsp3) is 0.861. The minimum absolute atomic E-state index is 0.00431. The Balaban J connectivity index is 7.24. The second-order valence-electron chi connectivity index (χ2n) is 34.1. The average Bonchev–Trinajstić information content (AvgIpc) is 0.862. The SMILES string of the molecule is CC(C)C[C@H](NC(=O)[C@H](CC(C)C)NC(=O)[C@H](CSCCC[P+](C)(C)C)NC(=O)[C@H](CC(C)C)NC(=O)[C@H](CC(C)C)NC(=O)[C@H](CSCCC[P+](C)(C)C)NC(=O)[C@H](CC(C)C)NC(=O)[C@H](CC(C)C)NC(=O)[C@@H](N)CSCCC[P+](C)(C)C)C(=O)N[C@@H](CSCCC[P+](C)(C)C)C(N)=O. The Bertz CT molecular complexity index is 2520. The Hall–Kier alpha value is -2.22. The molecule has 0 saturated carbocycles. The largest absolute Gasteiger partial charge is 0.368 e. The molecule has 0 rings (SSSR count). The number of hydrogen-bond acceptors (Lipinski definition) is 15. The van der Waals surface area contributed by atoms with Gasteiger partial charge < -0.3 is 59.3 Å². The number of primary amides is 1. The van der Waals surface area contributed by atoms with Gasteiger partial charge in [0.05, 0.1) is 30.7 Å². The van der Waals surface area contributed by atoms with Crippen LogP contribution in [-0.2, 0) is 47.9 Å². The molecule has 0 fully saturated rings. The first-order chi connectivity index (χ1) is 46.5. The van der Waals surface area contributed by atoms with Gasteiger partial charge in [-0.2, -0.15) is 47.0 Å². The first kappa shape index (κ1) is 98.8. The first-order valence-electron chi connectivity index (χ1n) is 36.8. The van der Waals surface area contributed by atoms with Crippen molar-refractivity contribution in [1.82, 2.24) is 47.9 Å². The normalized spacial score (nSPS) is 15.4. The highest BCUT2D eigenvalue weighted by atomic mass is 32.2. The fourth-order valence-corrected chi connectivity index (χ4v) is 19.9. The molecule has 21 nitrogen and oxygen atoms in total. The van der Waals surface area contributed by atoms with Gasteiger partial charge in [-0.05, 0) is 123 Å². The Morgan fingerprint density at radius 2 is 0.436 bits per heavy atom. The van der Waals surface area contributed by atoms with Crippen LogP contribution in [-0.4, -0.2) is 270 Å². The van der Waals surface area contributed by atoms with Crippen LogP contribution in [0.15, 0.2) is 0 Å². The summed E-state index contributed by atoms with van der Waals surface area (Å²) >= 11 is 6.16. The van der Waals surface area contributed by atoms with Crippen molar-refractivity contribution in [1.29, 1.82) is 0 Å². The highest BCUT2D eigenvalue weighted by molar-refractivity contribution is 8.00. The van der Waals surface area contributed by atoms with E-state index in [9.17, 15) is 47.9 Å². The Kier molecular flexibility index (Phi) is 49.3. The quantitative estimate of drug-likeness (QED) is 0.0201. The topological polar surface area (TPSA) is 331 Å². The number of carbonyl (C=O) groups excluding carboxylic acids is 10. The summed E-state index contributed by atoms with van der Waals surface area (Å²) in [5, 5.41) is 26.2. The van der Waals surface area contributed by atoms with Crippen molar-refractivity contribution in [3.63, 3.8) is 0 Å². The van der Waals surface area contributed by atoms with E-state index in [-0.39, 0.29) is 91.3 Å². The molecule has 10 atom stereocenters. The van der Waals surface area contributed by atoms with Gasteiger partial charge in [-0.1, -0.05) is 83.1 Å². The average molecular weight is 1580 g/mol. The summed E-state index contributed by atoms with van der Waals surface area (Å²) in [6.45, 7) is 50.3. The molecule has 0 aromatic rings. The van der Waals surface area contributed by atoms with Crippen molar-refractivity contribution in [2.24, 2.45) is 47.0 Å². The van der Waals surface area contributed by atoms with E-state index in [1.807, 2.05) is 83.1 Å². The van der Waals surface area contributed by atoms with E-state index >= 15 is 0 Å². The van der Waals surface area contributed by atoms with Crippen LogP contribution in [0.3, 0.4) is 0 Å². The lowest BCUT2D eigenvalue weighted by Crippen LogP contribution is -2.61. The van der Waals surface area contributed by atoms with Gasteiger partial charge in [0.15, 0.2) is 0 Å². The monoisotopic (exact) mass is 1580 g/mol. The highest BCUT2D eigenvalue weighted by Crippen LogP contribution is 2.49. The zero-order valence-electron chi connectivity index (χ0n) is 67.0. The molecule has 0 heterocycles.